The Hall–Kier alpha value is -3.72. The van der Waals surface area contributed by atoms with Gasteiger partial charge >= 0.3 is 0 Å². The Balaban J connectivity index is 1.33. The number of rotatable bonds is 6. The molecule has 1 saturated heterocycles. The molecule has 2 aromatic carbocycles. The van der Waals surface area contributed by atoms with Crippen LogP contribution in [0.15, 0.2) is 36.4 Å². The van der Waals surface area contributed by atoms with Crippen LogP contribution in [-0.4, -0.2) is 56.0 Å². The van der Waals surface area contributed by atoms with E-state index in [2.05, 4.69) is 19.9 Å². The van der Waals surface area contributed by atoms with Crippen molar-refractivity contribution in [2.75, 3.05) is 19.0 Å². The van der Waals surface area contributed by atoms with Gasteiger partial charge in [0.05, 0.1) is 34.3 Å². The van der Waals surface area contributed by atoms with Gasteiger partial charge in [-0.25, -0.2) is 9.97 Å². The van der Waals surface area contributed by atoms with Crippen molar-refractivity contribution in [2.45, 2.75) is 50.7 Å². The molecule has 6 rings (SSSR count). The molecule has 186 valence electrons. The van der Waals surface area contributed by atoms with Crippen molar-refractivity contribution in [2.24, 2.45) is 7.05 Å². The molecular formula is C27H30N6O3. The third kappa shape index (κ3) is 4.03. The van der Waals surface area contributed by atoms with E-state index < -0.39 is 6.10 Å². The third-order valence-electron chi connectivity index (χ3n) is 7.37. The molecule has 1 atom stereocenters. The number of aromatic amines is 1. The number of para-hydroxylation sites is 2. The lowest BCUT2D eigenvalue weighted by Crippen LogP contribution is -2.28. The number of ether oxygens (including phenoxy) is 1. The number of carbonyl (C=O) groups is 2. The average molecular weight is 487 g/mol. The lowest BCUT2D eigenvalue weighted by Gasteiger charge is -2.24. The fraction of sp³-hybridized carbons (Fsp3) is 0.407. The molecule has 2 fully saturated rings. The highest BCUT2D eigenvalue weighted by Crippen LogP contribution is 2.38. The third-order valence-corrected chi connectivity index (χ3v) is 7.37. The van der Waals surface area contributed by atoms with Crippen LogP contribution in [0.3, 0.4) is 0 Å². The number of hydrogen-bond donors (Lipinski definition) is 2. The first kappa shape index (κ1) is 22.7. The first-order chi connectivity index (χ1) is 17.5. The van der Waals surface area contributed by atoms with Crippen LogP contribution in [-0.2, 0) is 23.1 Å². The molecule has 2 aromatic heterocycles. The number of nitrogens with zero attached hydrogens (tertiary/aromatic N) is 4. The highest BCUT2D eigenvalue weighted by atomic mass is 16.5. The Morgan fingerprint density at radius 1 is 1.14 bits per heavy atom. The number of amides is 2. The molecule has 1 aliphatic carbocycles. The standard InChI is InChI=1S/C27H30N6O3/c1-32(15-23-28-18-9-3-4-10-19(18)29-23)27(35)17-13-20-24(33(2)25(30-20)16-7-5-8-16)21(14-17)31-26(34)22-11-6-12-36-22/h3-4,9-10,13-14,16,22H,5-8,11-12,15H2,1-2H3,(H,28,29)(H,31,34). The summed E-state index contributed by atoms with van der Waals surface area (Å²) >= 11 is 0. The van der Waals surface area contributed by atoms with Gasteiger partial charge in [-0.05, 0) is 49.9 Å². The van der Waals surface area contributed by atoms with Crippen molar-refractivity contribution < 1.29 is 14.3 Å². The fourth-order valence-corrected chi connectivity index (χ4v) is 5.22. The Labute approximate surface area is 208 Å². The quantitative estimate of drug-likeness (QED) is 0.427. The van der Waals surface area contributed by atoms with Crippen molar-refractivity contribution in [1.29, 1.82) is 0 Å². The zero-order chi connectivity index (χ0) is 24.8. The molecule has 2 N–H and O–H groups in total. The summed E-state index contributed by atoms with van der Waals surface area (Å²) in [6.07, 6.45) is 4.53. The number of nitrogens with one attached hydrogen (secondary N) is 2. The zero-order valence-corrected chi connectivity index (χ0v) is 20.6. The molecule has 2 aliphatic rings. The van der Waals surface area contributed by atoms with E-state index in [0.29, 0.717) is 48.1 Å². The van der Waals surface area contributed by atoms with E-state index in [1.54, 1.807) is 18.0 Å². The van der Waals surface area contributed by atoms with Gasteiger partial charge in [0.1, 0.15) is 17.8 Å². The van der Waals surface area contributed by atoms with Gasteiger partial charge in [-0.1, -0.05) is 18.6 Å². The summed E-state index contributed by atoms with van der Waals surface area (Å²) in [5.41, 5.74) is 4.41. The topological polar surface area (TPSA) is 105 Å². The van der Waals surface area contributed by atoms with Crippen LogP contribution in [0, 0.1) is 0 Å². The van der Waals surface area contributed by atoms with Crippen LogP contribution in [0.25, 0.3) is 22.1 Å². The molecule has 3 heterocycles. The fourth-order valence-electron chi connectivity index (χ4n) is 5.22. The number of carbonyl (C=O) groups excluding carboxylic acids is 2. The SMILES string of the molecule is CN(Cc1nc2ccccc2[nH]1)C(=O)c1cc(NC(=O)C2CCCO2)c2c(c1)nc(C1CCC1)n2C. The Bertz CT molecular complexity index is 1430. The highest BCUT2D eigenvalue weighted by molar-refractivity contribution is 6.06. The monoisotopic (exact) mass is 486 g/mol. The summed E-state index contributed by atoms with van der Waals surface area (Å²) in [6.45, 7) is 0.925. The second-order valence-electron chi connectivity index (χ2n) is 9.90. The van der Waals surface area contributed by atoms with Gasteiger partial charge < -0.3 is 24.5 Å². The van der Waals surface area contributed by atoms with Crippen molar-refractivity contribution >= 4 is 39.6 Å². The maximum Gasteiger partial charge on any atom is 0.254 e. The molecule has 36 heavy (non-hydrogen) atoms. The number of aryl methyl sites for hydroxylation is 1. The second-order valence-corrected chi connectivity index (χ2v) is 9.90. The van der Waals surface area contributed by atoms with E-state index in [-0.39, 0.29) is 11.8 Å². The molecule has 9 heteroatoms. The summed E-state index contributed by atoms with van der Waals surface area (Å²) in [4.78, 5) is 40.9. The second kappa shape index (κ2) is 9.05. The van der Waals surface area contributed by atoms with Crippen molar-refractivity contribution in [1.82, 2.24) is 24.4 Å². The van der Waals surface area contributed by atoms with Crippen LogP contribution in [0.2, 0.25) is 0 Å². The maximum atomic E-state index is 13.5. The van der Waals surface area contributed by atoms with Gasteiger partial charge in [0.15, 0.2) is 0 Å². The first-order valence-corrected chi connectivity index (χ1v) is 12.6. The normalized spacial score (nSPS) is 18.0. The molecule has 1 saturated carbocycles. The van der Waals surface area contributed by atoms with Gasteiger partial charge in [-0.2, -0.15) is 0 Å². The zero-order valence-electron chi connectivity index (χ0n) is 20.6. The van der Waals surface area contributed by atoms with Crippen molar-refractivity contribution in [3.63, 3.8) is 0 Å². The predicted octanol–water partition coefficient (Wildman–Crippen LogP) is 4.11. The lowest BCUT2D eigenvalue weighted by molar-refractivity contribution is -0.124. The number of hydrogen-bond acceptors (Lipinski definition) is 5. The highest BCUT2D eigenvalue weighted by Gasteiger charge is 2.29. The molecule has 0 radical (unpaired) electrons. The van der Waals surface area contributed by atoms with Crippen molar-refractivity contribution in [3.05, 3.63) is 53.6 Å². The number of anilines is 1. The number of benzene rings is 2. The molecule has 1 aliphatic heterocycles. The maximum absolute atomic E-state index is 13.5. The van der Waals surface area contributed by atoms with Crippen molar-refractivity contribution in [3.8, 4) is 0 Å². The number of fused-ring (bicyclic) bond motifs is 2. The average Bonchev–Trinajstić information content (AvgIpc) is 3.57. The summed E-state index contributed by atoms with van der Waals surface area (Å²) in [6, 6.07) is 11.4. The predicted molar refractivity (Wildman–Crippen MR) is 137 cm³/mol. The Morgan fingerprint density at radius 2 is 1.97 bits per heavy atom. The van der Waals surface area contributed by atoms with E-state index in [1.807, 2.05) is 37.4 Å². The molecule has 9 nitrogen and oxygen atoms in total. The van der Waals surface area contributed by atoms with E-state index in [4.69, 9.17) is 9.72 Å². The number of H-pyrrole nitrogens is 1. The summed E-state index contributed by atoms with van der Waals surface area (Å²) in [5, 5.41) is 3.04. The molecule has 2 amide bonds. The smallest absolute Gasteiger partial charge is 0.254 e. The number of aromatic nitrogens is 4. The molecular weight excluding hydrogens is 456 g/mol. The van der Waals surface area contributed by atoms with Gasteiger partial charge in [0.2, 0.25) is 0 Å². The van der Waals surface area contributed by atoms with Gasteiger partial charge in [-0.3, -0.25) is 9.59 Å². The molecule has 4 aromatic rings. The minimum atomic E-state index is -0.463. The van der Waals surface area contributed by atoms with Gasteiger partial charge in [0, 0.05) is 32.2 Å². The summed E-state index contributed by atoms with van der Waals surface area (Å²) in [5.74, 6) is 1.79. The largest absolute Gasteiger partial charge is 0.368 e. The lowest BCUT2D eigenvalue weighted by atomic mass is 9.85. The Morgan fingerprint density at radius 3 is 2.69 bits per heavy atom. The van der Waals surface area contributed by atoms with Crippen LogP contribution >= 0.6 is 0 Å². The Kier molecular flexibility index (Phi) is 5.72. The minimum absolute atomic E-state index is 0.166. The van der Waals surface area contributed by atoms with Crippen LogP contribution < -0.4 is 5.32 Å². The van der Waals surface area contributed by atoms with E-state index in [1.165, 1.54) is 6.42 Å². The molecule has 1 unspecified atom stereocenters. The first-order valence-electron chi connectivity index (χ1n) is 12.6. The summed E-state index contributed by atoms with van der Waals surface area (Å²) in [7, 11) is 3.74. The molecule has 0 spiro atoms. The molecule has 0 bridgehead atoms. The van der Waals surface area contributed by atoms with Gasteiger partial charge in [-0.15, -0.1) is 0 Å². The number of imidazole rings is 2. The van der Waals surface area contributed by atoms with E-state index >= 15 is 0 Å². The van der Waals surface area contributed by atoms with Crippen LogP contribution in [0.1, 0.15) is 60.0 Å². The minimum Gasteiger partial charge on any atom is -0.368 e. The van der Waals surface area contributed by atoms with Gasteiger partial charge in [0.25, 0.3) is 11.8 Å². The van der Waals surface area contributed by atoms with E-state index in [9.17, 15) is 9.59 Å². The van der Waals surface area contributed by atoms with Crippen LogP contribution in [0.4, 0.5) is 5.69 Å². The van der Waals surface area contributed by atoms with Crippen LogP contribution in [0.5, 0.6) is 0 Å². The summed E-state index contributed by atoms with van der Waals surface area (Å²) < 4.78 is 7.65. The van der Waals surface area contributed by atoms with E-state index in [0.717, 1.165) is 41.6 Å².